The Kier molecular flexibility index (Phi) is 2.76. The lowest BCUT2D eigenvalue weighted by atomic mass is 9.78. The highest BCUT2D eigenvalue weighted by Crippen LogP contribution is 2.31. The summed E-state index contributed by atoms with van der Waals surface area (Å²) in [4.78, 5) is 0. The first-order chi connectivity index (χ1) is 4.70. The van der Waals surface area contributed by atoms with Gasteiger partial charge in [0.25, 0.3) is 0 Å². The number of hydrogen-bond donors (Lipinski definition) is 0. The molecule has 0 saturated heterocycles. The molecule has 0 aliphatic heterocycles. The van der Waals surface area contributed by atoms with Crippen molar-refractivity contribution >= 4 is 0 Å². The van der Waals surface area contributed by atoms with Crippen molar-refractivity contribution in [3.8, 4) is 0 Å². The SMILES string of the molecule is [CH2]C1[CH]CC(C(C)C)CC1. The molecule has 0 nitrogen and oxygen atoms in total. The molecular formula is C10H18. The van der Waals surface area contributed by atoms with Crippen molar-refractivity contribution < 1.29 is 0 Å². The third-order valence-corrected chi connectivity index (χ3v) is 2.62. The third-order valence-electron chi connectivity index (χ3n) is 2.62. The minimum absolute atomic E-state index is 0.634. The van der Waals surface area contributed by atoms with Gasteiger partial charge in [0.05, 0.1) is 0 Å². The van der Waals surface area contributed by atoms with E-state index >= 15 is 0 Å². The molecule has 2 atom stereocenters. The second-order valence-electron chi connectivity index (χ2n) is 3.81. The zero-order chi connectivity index (χ0) is 7.56. The van der Waals surface area contributed by atoms with Crippen molar-refractivity contribution in [3.63, 3.8) is 0 Å². The van der Waals surface area contributed by atoms with Gasteiger partial charge in [0.1, 0.15) is 0 Å². The molecule has 1 saturated carbocycles. The lowest BCUT2D eigenvalue weighted by Crippen LogP contribution is -2.17. The molecule has 2 unspecified atom stereocenters. The summed E-state index contributed by atoms with van der Waals surface area (Å²) in [6, 6.07) is 0. The summed E-state index contributed by atoms with van der Waals surface area (Å²) in [6.45, 7) is 8.68. The van der Waals surface area contributed by atoms with Crippen LogP contribution in [0.3, 0.4) is 0 Å². The van der Waals surface area contributed by atoms with E-state index in [-0.39, 0.29) is 0 Å². The molecule has 1 aliphatic carbocycles. The standard InChI is InChI=1S/C10H18/c1-8(2)10-6-4-9(3)5-7-10/h4,8-10H,3,5-7H2,1-2H3. The Balaban J connectivity index is 2.26. The van der Waals surface area contributed by atoms with E-state index in [1.807, 2.05) is 0 Å². The molecule has 58 valence electrons. The fourth-order valence-electron chi connectivity index (χ4n) is 1.64. The summed E-state index contributed by atoms with van der Waals surface area (Å²) in [7, 11) is 0. The van der Waals surface area contributed by atoms with E-state index in [0.29, 0.717) is 5.92 Å². The van der Waals surface area contributed by atoms with Gasteiger partial charge >= 0.3 is 0 Å². The van der Waals surface area contributed by atoms with Crippen LogP contribution in [0, 0.1) is 31.1 Å². The lowest BCUT2D eigenvalue weighted by molar-refractivity contribution is 0.293. The monoisotopic (exact) mass is 138 g/mol. The van der Waals surface area contributed by atoms with Gasteiger partial charge in [-0.3, -0.25) is 0 Å². The molecule has 0 amide bonds. The van der Waals surface area contributed by atoms with E-state index in [1.54, 1.807) is 0 Å². The van der Waals surface area contributed by atoms with Crippen molar-refractivity contribution in [1.29, 1.82) is 0 Å². The quantitative estimate of drug-likeness (QED) is 0.522. The highest BCUT2D eigenvalue weighted by molar-refractivity contribution is 4.87. The Morgan fingerprint density at radius 3 is 2.50 bits per heavy atom. The molecule has 1 rings (SSSR count). The van der Waals surface area contributed by atoms with Gasteiger partial charge in [-0.15, -0.1) is 0 Å². The molecule has 1 aliphatic rings. The minimum Gasteiger partial charge on any atom is -0.0625 e. The molecule has 0 N–H and O–H groups in total. The van der Waals surface area contributed by atoms with Gasteiger partial charge in [-0.25, -0.2) is 0 Å². The van der Waals surface area contributed by atoms with Crippen molar-refractivity contribution in [2.24, 2.45) is 17.8 Å². The average Bonchev–Trinajstić information content (AvgIpc) is 1.88. The molecular weight excluding hydrogens is 120 g/mol. The second kappa shape index (κ2) is 3.41. The summed E-state index contributed by atoms with van der Waals surface area (Å²) in [5, 5.41) is 0. The van der Waals surface area contributed by atoms with Crippen LogP contribution in [0.5, 0.6) is 0 Å². The Labute approximate surface area is 65.0 Å². The minimum atomic E-state index is 0.634. The molecule has 0 aromatic rings. The first-order valence-corrected chi connectivity index (χ1v) is 4.36. The van der Waals surface area contributed by atoms with Crippen LogP contribution in [0.2, 0.25) is 0 Å². The summed E-state index contributed by atoms with van der Waals surface area (Å²) in [6.07, 6.45) is 6.38. The van der Waals surface area contributed by atoms with Crippen LogP contribution in [0.1, 0.15) is 33.1 Å². The summed E-state index contributed by atoms with van der Waals surface area (Å²) < 4.78 is 0. The molecule has 0 bridgehead atoms. The van der Waals surface area contributed by atoms with Gasteiger partial charge < -0.3 is 0 Å². The molecule has 2 radical (unpaired) electrons. The van der Waals surface area contributed by atoms with E-state index in [1.165, 1.54) is 19.3 Å². The zero-order valence-electron chi connectivity index (χ0n) is 7.14. The number of hydrogen-bond acceptors (Lipinski definition) is 0. The molecule has 0 aromatic heterocycles. The summed E-state index contributed by atoms with van der Waals surface area (Å²) >= 11 is 0. The van der Waals surface area contributed by atoms with Crippen molar-refractivity contribution in [3.05, 3.63) is 13.3 Å². The maximum Gasteiger partial charge on any atom is -0.0352 e. The predicted molar refractivity (Wildman–Crippen MR) is 45.3 cm³/mol. The van der Waals surface area contributed by atoms with Crippen LogP contribution in [-0.4, -0.2) is 0 Å². The van der Waals surface area contributed by atoms with Gasteiger partial charge in [-0.1, -0.05) is 13.8 Å². The predicted octanol–water partition coefficient (Wildman–Crippen LogP) is 3.10. The zero-order valence-corrected chi connectivity index (χ0v) is 7.14. The Morgan fingerprint density at radius 1 is 1.40 bits per heavy atom. The molecule has 10 heavy (non-hydrogen) atoms. The smallest absolute Gasteiger partial charge is 0.0352 e. The highest BCUT2D eigenvalue weighted by atomic mass is 14.3. The topological polar surface area (TPSA) is 0 Å². The average molecular weight is 138 g/mol. The first-order valence-electron chi connectivity index (χ1n) is 4.36. The Morgan fingerprint density at radius 2 is 2.10 bits per heavy atom. The fraction of sp³-hybridized carbons (Fsp3) is 0.800. The van der Waals surface area contributed by atoms with E-state index in [9.17, 15) is 0 Å². The normalized spacial score (nSPS) is 34.8. The molecule has 0 spiro atoms. The third kappa shape index (κ3) is 2.00. The van der Waals surface area contributed by atoms with Crippen LogP contribution in [-0.2, 0) is 0 Å². The summed E-state index contributed by atoms with van der Waals surface area (Å²) in [5.41, 5.74) is 0. The summed E-state index contributed by atoms with van der Waals surface area (Å²) in [5.74, 6) is 2.44. The van der Waals surface area contributed by atoms with Crippen LogP contribution in [0.4, 0.5) is 0 Å². The molecule has 1 fully saturated rings. The van der Waals surface area contributed by atoms with Gasteiger partial charge in [-0.05, 0) is 50.4 Å². The second-order valence-corrected chi connectivity index (χ2v) is 3.81. The highest BCUT2D eigenvalue weighted by Gasteiger charge is 2.20. The molecule has 0 aromatic carbocycles. The van der Waals surface area contributed by atoms with Gasteiger partial charge in [-0.2, -0.15) is 0 Å². The fourth-order valence-corrected chi connectivity index (χ4v) is 1.64. The van der Waals surface area contributed by atoms with Crippen molar-refractivity contribution in [2.75, 3.05) is 0 Å². The van der Waals surface area contributed by atoms with Crippen molar-refractivity contribution in [1.82, 2.24) is 0 Å². The van der Waals surface area contributed by atoms with E-state index in [0.717, 1.165) is 11.8 Å². The van der Waals surface area contributed by atoms with Gasteiger partial charge in [0.2, 0.25) is 0 Å². The maximum absolute atomic E-state index is 4.04. The maximum atomic E-state index is 4.04. The van der Waals surface area contributed by atoms with Crippen LogP contribution in [0.25, 0.3) is 0 Å². The van der Waals surface area contributed by atoms with Crippen LogP contribution < -0.4 is 0 Å². The largest absolute Gasteiger partial charge is 0.0625 e. The number of rotatable bonds is 1. The Bertz CT molecular complexity index is 86.2. The van der Waals surface area contributed by atoms with Gasteiger partial charge in [0.15, 0.2) is 0 Å². The molecule has 0 heterocycles. The van der Waals surface area contributed by atoms with E-state index in [2.05, 4.69) is 27.2 Å². The van der Waals surface area contributed by atoms with Crippen molar-refractivity contribution in [2.45, 2.75) is 33.1 Å². The Hall–Kier alpha value is 0. The van der Waals surface area contributed by atoms with E-state index < -0.39 is 0 Å². The lowest BCUT2D eigenvalue weighted by Gasteiger charge is -2.28. The van der Waals surface area contributed by atoms with Crippen LogP contribution >= 0.6 is 0 Å². The first kappa shape index (κ1) is 8.10. The van der Waals surface area contributed by atoms with E-state index in [4.69, 9.17) is 0 Å². The van der Waals surface area contributed by atoms with Gasteiger partial charge in [0, 0.05) is 0 Å². The van der Waals surface area contributed by atoms with Crippen LogP contribution in [0.15, 0.2) is 0 Å². The molecule has 0 heteroatoms.